The molecule has 238 valence electrons. The molecule has 1 heterocycles. The molecule has 0 N–H and O–H groups in total. The Balaban J connectivity index is 1.17. The third-order valence-electron chi connectivity index (χ3n) is 9.45. The van der Waals surface area contributed by atoms with Gasteiger partial charge in [-0.25, -0.2) is 0 Å². The van der Waals surface area contributed by atoms with Gasteiger partial charge in [0.05, 0.1) is 23.3 Å². The van der Waals surface area contributed by atoms with E-state index in [9.17, 15) is 10.5 Å². The molecule has 1 aromatic heterocycles. The fraction of sp³-hybridized carbons (Fsp3) is 0. The van der Waals surface area contributed by atoms with Crippen LogP contribution in [0.5, 0.6) is 0 Å². The van der Waals surface area contributed by atoms with Crippen LogP contribution in [-0.4, -0.2) is 0 Å². The first-order chi connectivity index (χ1) is 25.1. The number of rotatable bonds is 6. The number of furan rings is 1. The van der Waals surface area contributed by atoms with Crippen LogP contribution < -0.4 is 9.80 Å². The molecule has 0 radical (unpaired) electrons. The number of fused-ring (bicyclic) bond motifs is 5. The summed E-state index contributed by atoms with van der Waals surface area (Å²) in [5.41, 5.74) is 8.54. The molecule has 0 spiro atoms. The maximum atomic E-state index is 9.46. The molecule has 5 nitrogen and oxygen atoms in total. The van der Waals surface area contributed by atoms with E-state index in [4.69, 9.17) is 4.42 Å². The van der Waals surface area contributed by atoms with Gasteiger partial charge in [-0.1, -0.05) is 60.7 Å². The van der Waals surface area contributed by atoms with Crippen LogP contribution in [0.3, 0.4) is 0 Å². The van der Waals surface area contributed by atoms with Crippen LogP contribution in [-0.2, 0) is 0 Å². The fourth-order valence-electron chi connectivity index (χ4n) is 6.93. The van der Waals surface area contributed by atoms with Gasteiger partial charge < -0.3 is 14.2 Å². The van der Waals surface area contributed by atoms with Crippen LogP contribution >= 0.6 is 0 Å². The number of anilines is 6. The van der Waals surface area contributed by atoms with Gasteiger partial charge in [-0.2, -0.15) is 10.5 Å². The molecule has 0 atom stereocenters. The molecule has 0 bridgehead atoms. The van der Waals surface area contributed by atoms with Gasteiger partial charge in [0.1, 0.15) is 11.2 Å². The topological polar surface area (TPSA) is 67.2 Å². The number of benzene rings is 8. The Bertz CT molecular complexity index is 2640. The molecule has 8 aromatic carbocycles. The first kappa shape index (κ1) is 29.8. The lowest BCUT2D eigenvalue weighted by Gasteiger charge is -2.26. The van der Waals surface area contributed by atoms with Crippen molar-refractivity contribution >= 4 is 77.6 Å². The van der Waals surface area contributed by atoms with E-state index in [-0.39, 0.29) is 0 Å². The van der Waals surface area contributed by atoms with Crippen molar-refractivity contribution in [2.24, 2.45) is 0 Å². The summed E-state index contributed by atoms with van der Waals surface area (Å²) in [6.07, 6.45) is 0. The fourth-order valence-corrected chi connectivity index (χ4v) is 6.93. The lowest BCUT2D eigenvalue weighted by molar-refractivity contribution is 0.669. The van der Waals surface area contributed by atoms with Crippen molar-refractivity contribution in [1.29, 1.82) is 10.5 Å². The monoisotopic (exact) mass is 652 g/mol. The van der Waals surface area contributed by atoms with Gasteiger partial charge in [-0.3, -0.25) is 0 Å². The third kappa shape index (κ3) is 5.36. The Morgan fingerprint density at radius 2 is 0.706 bits per heavy atom. The van der Waals surface area contributed by atoms with Crippen LogP contribution in [0.2, 0.25) is 0 Å². The molecule has 0 aliphatic carbocycles. The Morgan fingerprint density at radius 1 is 0.353 bits per heavy atom. The summed E-state index contributed by atoms with van der Waals surface area (Å²) in [5.74, 6) is 0. The molecule has 0 saturated heterocycles. The molecule has 0 unspecified atom stereocenters. The minimum atomic E-state index is 0.611. The van der Waals surface area contributed by atoms with Gasteiger partial charge in [0.15, 0.2) is 0 Å². The zero-order valence-corrected chi connectivity index (χ0v) is 27.4. The number of hydrogen-bond acceptors (Lipinski definition) is 5. The van der Waals surface area contributed by atoms with Crippen LogP contribution in [0.25, 0.3) is 43.5 Å². The van der Waals surface area contributed by atoms with Crippen LogP contribution in [0.4, 0.5) is 34.1 Å². The van der Waals surface area contributed by atoms with Gasteiger partial charge >= 0.3 is 0 Å². The van der Waals surface area contributed by atoms with Crippen molar-refractivity contribution in [2.75, 3.05) is 9.80 Å². The van der Waals surface area contributed by atoms with Crippen LogP contribution in [0, 0.1) is 22.7 Å². The summed E-state index contributed by atoms with van der Waals surface area (Å²) < 4.78 is 6.65. The molecule has 5 heteroatoms. The largest absolute Gasteiger partial charge is 0.456 e. The first-order valence-corrected chi connectivity index (χ1v) is 16.7. The van der Waals surface area contributed by atoms with Crippen LogP contribution in [0.15, 0.2) is 174 Å². The van der Waals surface area contributed by atoms with E-state index >= 15 is 0 Å². The predicted molar refractivity (Wildman–Crippen MR) is 208 cm³/mol. The van der Waals surface area contributed by atoms with E-state index in [0.717, 1.165) is 66.8 Å². The van der Waals surface area contributed by atoms with Gasteiger partial charge in [-0.05, 0) is 119 Å². The Hall–Kier alpha value is -7.34. The molecule has 0 fully saturated rings. The van der Waals surface area contributed by atoms with E-state index in [1.165, 1.54) is 10.8 Å². The van der Waals surface area contributed by atoms with E-state index < -0.39 is 0 Å². The average Bonchev–Trinajstić information content (AvgIpc) is 3.56. The first-order valence-electron chi connectivity index (χ1n) is 16.7. The molecule has 0 aliphatic rings. The average molecular weight is 653 g/mol. The third-order valence-corrected chi connectivity index (χ3v) is 9.45. The second-order valence-electron chi connectivity index (χ2n) is 12.5. The summed E-state index contributed by atoms with van der Waals surface area (Å²) in [4.78, 5) is 4.38. The van der Waals surface area contributed by atoms with Gasteiger partial charge in [-0.15, -0.1) is 0 Å². The standard InChI is InChI=1S/C46H28N4O/c47-29-31-9-15-37(16-10-31)49(39-19-13-33-5-1-3-7-35(33)25-39)41-21-23-43-44-24-22-42(28-46(44)51-45(43)27-41)50(38-17-11-32(30-48)12-18-38)40-20-14-34-6-2-4-8-36(34)26-40/h1-28H. The molecular formula is C46H28N4O. The molecule has 51 heavy (non-hydrogen) atoms. The second kappa shape index (κ2) is 12.3. The van der Waals surface area contributed by atoms with Gasteiger partial charge in [0.2, 0.25) is 0 Å². The predicted octanol–water partition coefficient (Wildman–Crippen LogP) is 12.6. The van der Waals surface area contributed by atoms with Crippen molar-refractivity contribution in [2.45, 2.75) is 0 Å². The van der Waals surface area contributed by atoms with E-state index in [0.29, 0.717) is 11.1 Å². The number of nitrogens with zero attached hydrogens (tertiary/aromatic N) is 4. The minimum absolute atomic E-state index is 0.611. The zero-order chi connectivity index (χ0) is 34.3. The maximum absolute atomic E-state index is 9.46. The van der Waals surface area contributed by atoms with E-state index in [2.05, 4.69) is 131 Å². The summed E-state index contributed by atoms with van der Waals surface area (Å²) in [6.45, 7) is 0. The highest BCUT2D eigenvalue weighted by atomic mass is 16.3. The highest BCUT2D eigenvalue weighted by Gasteiger charge is 2.19. The summed E-state index contributed by atoms with van der Waals surface area (Å²) in [5, 5.41) is 25.6. The maximum Gasteiger partial charge on any atom is 0.137 e. The summed E-state index contributed by atoms with van der Waals surface area (Å²) >= 11 is 0. The van der Waals surface area contributed by atoms with Crippen molar-refractivity contribution in [3.63, 3.8) is 0 Å². The molecular weight excluding hydrogens is 625 g/mol. The Morgan fingerprint density at radius 3 is 1.12 bits per heavy atom. The Kier molecular flexibility index (Phi) is 7.17. The van der Waals surface area contributed by atoms with Crippen LogP contribution in [0.1, 0.15) is 11.1 Å². The quantitative estimate of drug-likeness (QED) is 0.179. The minimum Gasteiger partial charge on any atom is -0.456 e. The second-order valence-corrected chi connectivity index (χ2v) is 12.5. The van der Waals surface area contributed by atoms with E-state index in [1.54, 1.807) is 0 Å². The lowest BCUT2D eigenvalue weighted by atomic mass is 10.1. The van der Waals surface area contributed by atoms with Gasteiger partial charge in [0, 0.05) is 57.0 Å². The highest BCUT2D eigenvalue weighted by molar-refractivity contribution is 6.07. The normalized spacial score (nSPS) is 11.1. The zero-order valence-electron chi connectivity index (χ0n) is 27.4. The lowest BCUT2D eigenvalue weighted by Crippen LogP contribution is -2.09. The van der Waals surface area contributed by atoms with Crippen molar-refractivity contribution in [1.82, 2.24) is 0 Å². The Labute approximate surface area is 294 Å². The van der Waals surface area contributed by atoms with E-state index in [1.807, 2.05) is 60.7 Å². The summed E-state index contributed by atoms with van der Waals surface area (Å²) in [7, 11) is 0. The molecule has 0 amide bonds. The molecule has 9 aromatic rings. The van der Waals surface area contributed by atoms with Crippen molar-refractivity contribution < 1.29 is 4.42 Å². The molecule has 0 saturated carbocycles. The summed E-state index contributed by atoms with van der Waals surface area (Å²) in [6, 6.07) is 62.0. The van der Waals surface area contributed by atoms with Crippen molar-refractivity contribution in [3.8, 4) is 12.1 Å². The smallest absolute Gasteiger partial charge is 0.137 e. The van der Waals surface area contributed by atoms with Crippen molar-refractivity contribution in [3.05, 3.63) is 181 Å². The molecule has 9 rings (SSSR count). The number of hydrogen-bond donors (Lipinski definition) is 0. The number of nitriles is 2. The SMILES string of the molecule is N#Cc1ccc(N(c2ccc3ccccc3c2)c2ccc3c(c2)oc2cc(N(c4ccc(C#N)cc4)c4ccc5ccccc5c4)ccc23)cc1. The van der Waals surface area contributed by atoms with Gasteiger partial charge in [0.25, 0.3) is 0 Å². The highest BCUT2D eigenvalue weighted by Crippen LogP contribution is 2.42. The molecule has 0 aliphatic heterocycles.